The highest BCUT2D eigenvalue weighted by Gasteiger charge is 2.10. The fraction of sp³-hybridized carbons (Fsp3) is 0. The van der Waals surface area contributed by atoms with E-state index in [2.05, 4.69) is 10.5 Å². The number of nitrogens with one attached hydrogen (secondary N) is 1. The molecular weight excluding hydrogens is 352 g/mol. The van der Waals surface area contributed by atoms with Crippen molar-refractivity contribution in [1.29, 1.82) is 0 Å². The number of aromatic hydroxyl groups is 1. The van der Waals surface area contributed by atoms with E-state index >= 15 is 0 Å². The van der Waals surface area contributed by atoms with E-state index in [1.54, 1.807) is 53.9 Å². The number of hydrogen-bond donors (Lipinski definition) is 2. The zero-order valence-corrected chi connectivity index (χ0v) is 14.3. The number of hydrogen-bond acceptors (Lipinski definition) is 6. The van der Waals surface area contributed by atoms with Gasteiger partial charge in [0.1, 0.15) is 16.4 Å². The Morgan fingerprint density at radius 2 is 1.81 bits per heavy atom. The summed E-state index contributed by atoms with van der Waals surface area (Å²) in [5.41, 5.74) is 3.19. The van der Waals surface area contributed by atoms with E-state index in [0.29, 0.717) is 16.2 Å². The van der Waals surface area contributed by atoms with E-state index in [1.807, 2.05) is 0 Å². The SMILES string of the molecule is O=C(Oc1ccc(/C=N/NC(=O)c2ccccc2O)cc1)c1cccs1. The molecule has 3 aromatic rings. The minimum atomic E-state index is -0.513. The summed E-state index contributed by atoms with van der Waals surface area (Å²) in [7, 11) is 0. The lowest BCUT2D eigenvalue weighted by molar-refractivity contribution is 0.0739. The largest absolute Gasteiger partial charge is 0.507 e. The number of benzene rings is 2. The van der Waals surface area contributed by atoms with Crippen molar-refractivity contribution in [3.63, 3.8) is 0 Å². The van der Waals surface area contributed by atoms with E-state index in [-0.39, 0.29) is 11.3 Å². The van der Waals surface area contributed by atoms with Crippen LogP contribution in [-0.4, -0.2) is 23.2 Å². The van der Waals surface area contributed by atoms with Crippen molar-refractivity contribution in [2.24, 2.45) is 5.10 Å². The predicted molar refractivity (Wildman–Crippen MR) is 98.9 cm³/mol. The number of rotatable bonds is 5. The van der Waals surface area contributed by atoms with Gasteiger partial charge in [-0.15, -0.1) is 11.3 Å². The summed E-state index contributed by atoms with van der Waals surface area (Å²) in [6.45, 7) is 0. The number of ether oxygens (including phenoxy) is 1. The van der Waals surface area contributed by atoms with E-state index in [9.17, 15) is 14.7 Å². The first-order valence-electron chi connectivity index (χ1n) is 7.60. The van der Waals surface area contributed by atoms with Crippen LogP contribution in [0.25, 0.3) is 0 Å². The average Bonchev–Trinajstić information content (AvgIpc) is 3.18. The van der Waals surface area contributed by atoms with Crippen LogP contribution in [0.3, 0.4) is 0 Å². The Kier molecular flexibility index (Phi) is 5.40. The van der Waals surface area contributed by atoms with Crippen molar-refractivity contribution in [1.82, 2.24) is 5.43 Å². The molecule has 0 bridgehead atoms. The van der Waals surface area contributed by atoms with Crippen LogP contribution >= 0.6 is 11.3 Å². The molecule has 1 heterocycles. The first kappa shape index (κ1) is 17.4. The van der Waals surface area contributed by atoms with Crippen LogP contribution in [0.4, 0.5) is 0 Å². The van der Waals surface area contributed by atoms with Crippen molar-refractivity contribution < 1.29 is 19.4 Å². The third kappa shape index (κ3) is 4.34. The Labute approximate surface area is 153 Å². The summed E-state index contributed by atoms with van der Waals surface area (Å²) in [5.74, 6) is -0.617. The molecule has 1 aromatic heterocycles. The molecule has 0 unspecified atom stereocenters. The number of phenolic OH excluding ortho intramolecular Hbond substituents is 1. The minimum Gasteiger partial charge on any atom is -0.507 e. The highest BCUT2D eigenvalue weighted by Crippen LogP contribution is 2.16. The number of carbonyl (C=O) groups excluding carboxylic acids is 2. The highest BCUT2D eigenvalue weighted by molar-refractivity contribution is 7.12. The molecule has 3 rings (SSSR count). The second-order valence-electron chi connectivity index (χ2n) is 5.15. The molecule has 7 heteroatoms. The second-order valence-corrected chi connectivity index (χ2v) is 6.10. The van der Waals surface area contributed by atoms with Crippen molar-refractivity contribution in [2.45, 2.75) is 0 Å². The molecule has 2 N–H and O–H groups in total. The Morgan fingerprint density at radius 1 is 1.04 bits per heavy atom. The maximum atomic E-state index is 11.9. The van der Waals surface area contributed by atoms with E-state index in [1.165, 1.54) is 29.7 Å². The average molecular weight is 366 g/mol. The molecular formula is C19H14N2O4S. The summed E-state index contributed by atoms with van der Waals surface area (Å²) in [6, 6.07) is 16.4. The zero-order chi connectivity index (χ0) is 18.4. The number of esters is 1. The highest BCUT2D eigenvalue weighted by atomic mass is 32.1. The van der Waals surface area contributed by atoms with Gasteiger partial charge in [0.25, 0.3) is 5.91 Å². The monoisotopic (exact) mass is 366 g/mol. The molecule has 130 valence electrons. The molecule has 1 amide bonds. The predicted octanol–water partition coefficient (Wildman–Crippen LogP) is 3.44. The first-order chi connectivity index (χ1) is 12.6. The second kappa shape index (κ2) is 8.09. The van der Waals surface area contributed by atoms with Crippen molar-refractivity contribution in [3.05, 3.63) is 82.0 Å². The Hall–Kier alpha value is -3.45. The molecule has 0 saturated heterocycles. The van der Waals surface area contributed by atoms with Gasteiger partial charge in [-0.05, 0) is 53.4 Å². The molecule has 0 aliphatic heterocycles. The molecule has 0 saturated carbocycles. The summed E-state index contributed by atoms with van der Waals surface area (Å²) < 4.78 is 5.26. The molecule has 26 heavy (non-hydrogen) atoms. The van der Waals surface area contributed by atoms with Gasteiger partial charge in [0.2, 0.25) is 0 Å². The Balaban J connectivity index is 1.57. The number of carbonyl (C=O) groups is 2. The van der Waals surface area contributed by atoms with Gasteiger partial charge >= 0.3 is 5.97 Å². The van der Waals surface area contributed by atoms with Gasteiger partial charge in [0.15, 0.2) is 0 Å². The third-order valence-electron chi connectivity index (χ3n) is 3.34. The van der Waals surface area contributed by atoms with Crippen LogP contribution in [0, 0.1) is 0 Å². The molecule has 0 aliphatic rings. The van der Waals surface area contributed by atoms with Crippen LogP contribution in [0.5, 0.6) is 11.5 Å². The molecule has 0 atom stereocenters. The van der Waals surface area contributed by atoms with Crippen molar-refractivity contribution in [2.75, 3.05) is 0 Å². The maximum absolute atomic E-state index is 11.9. The molecule has 0 spiro atoms. The van der Waals surface area contributed by atoms with Crippen LogP contribution in [0.1, 0.15) is 25.6 Å². The topological polar surface area (TPSA) is 88.0 Å². The number of nitrogens with zero attached hydrogens (tertiary/aromatic N) is 1. The summed E-state index contributed by atoms with van der Waals surface area (Å²) in [6.07, 6.45) is 1.45. The van der Waals surface area contributed by atoms with E-state index in [0.717, 1.165) is 0 Å². The maximum Gasteiger partial charge on any atom is 0.353 e. The molecule has 0 aliphatic carbocycles. The van der Waals surface area contributed by atoms with Crippen LogP contribution in [0.2, 0.25) is 0 Å². The molecule has 2 aromatic carbocycles. The summed E-state index contributed by atoms with van der Waals surface area (Å²) in [4.78, 5) is 24.3. The lowest BCUT2D eigenvalue weighted by Gasteiger charge is -2.03. The minimum absolute atomic E-state index is 0.114. The number of para-hydroxylation sites is 1. The van der Waals surface area contributed by atoms with E-state index in [4.69, 9.17) is 4.74 Å². The third-order valence-corrected chi connectivity index (χ3v) is 4.19. The number of thiophene rings is 1. The molecule has 0 fully saturated rings. The van der Waals surface area contributed by atoms with Gasteiger partial charge in [0.05, 0.1) is 11.8 Å². The quantitative estimate of drug-likeness (QED) is 0.313. The van der Waals surface area contributed by atoms with Crippen LogP contribution in [0.15, 0.2) is 71.1 Å². The summed E-state index contributed by atoms with van der Waals surface area (Å²) >= 11 is 1.31. The Bertz CT molecular complexity index is 934. The molecule has 6 nitrogen and oxygen atoms in total. The van der Waals surface area contributed by atoms with Gasteiger partial charge in [0, 0.05) is 0 Å². The van der Waals surface area contributed by atoms with Crippen molar-refractivity contribution >= 4 is 29.4 Å². The normalized spacial score (nSPS) is 10.6. The molecule has 0 radical (unpaired) electrons. The van der Waals surface area contributed by atoms with Crippen LogP contribution < -0.4 is 10.2 Å². The number of amides is 1. The van der Waals surface area contributed by atoms with Gasteiger partial charge in [-0.3, -0.25) is 4.79 Å². The van der Waals surface area contributed by atoms with Gasteiger partial charge in [-0.1, -0.05) is 18.2 Å². The number of hydrazone groups is 1. The fourth-order valence-electron chi connectivity index (χ4n) is 2.07. The fourth-order valence-corrected chi connectivity index (χ4v) is 2.66. The number of phenols is 1. The lowest BCUT2D eigenvalue weighted by atomic mass is 10.2. The van der Waals surface area contributed by atoms with Crippen LogP contribution in [-0.2, 0) is 0 Å². The lowest BCUT2D eigenvalue weighted by Crippen LogP contribution is -2.17. The van der Waals surface area contributed by atoms with Gasteiger partial charge in [-0.2, -0.15) is 5.10 Å². The zero-order valence-electron chi connectivity index (χ0n) is 13.5. The first-order valence-corrected chi connectivity index (χ1v) is 8.48. The van der Waals surface area contributed by atoms with E-state index < -0.39 is 11.9 Å². The Morgan fingerprint density at radius 3 is 2.50 bits per heavy atom. The van der Waals surface area contributed by atoms with Crippen molar-refractivity contribution in [3.8, 4) is 11.5 Å². The van der Waals surface area contributed by atoms with Gasteiger partial charge < -0.3 is 9.84 Å². The summed E-state index contributed by atoms with van der Waals surface area (Å²) in [5, 5.41) is 15.3. The van der Waals surface area contributed by atoms with Gasteiger partial charge in [-0.25, -0.2) is 10.2 Å². The standard InChI is InChI=1S/C19H14N2O4S/c22-16-5-2-1-4-15(16)18(23)21-20-12-13-7-9-14(10-8-13)25-19(24)17-6-3-11-26-17/h1-12,22H,(H,21,23)/b20-12+. The smallest absolute Gasteiger partial charge is 0.353 e.